The normalized spacial score (nSPS) is 11.0. The van der Waals surface area contributed by atoms with Crippen LogP contribution in [-0.4, -0.2) is 27.7 Å². The molecule has 92 valence electrons. The molecule has 0 aliphatic carbocycles. The summed E-state index contributed by atoms with van der Waals surface area (Å²) in [5.41, 5.74) is -2.03. The first kappa shape index (κ1) is 12.7. The highest BCUT2D eigenvalue weighted by atomic mass is 19.4. The maximum Gasteiger partial charge on any atom is 0.574 e. The Morgan fingerprint density at radius 2 is 2.12 bits per heavy atom. The van der Waals surface area contributed by atoms with Gasteiger partial charge in [-0.3, -0.25) is 14.9 Å². The lowest BCUT2D eigenvalue weighted by atomic mass is 10.3. The van der Waals surface area contributed by atoms with Crippen LogP contribution in [0.15, 0.2) is 6.07 Å². The van der Waals surface area contributed by atoms with Crippen LogP contribution in [0, 0.1) is 10.1 Å². The van der Waals surface area contributed by atoms with Gasteiger partial charge >= 0.3 is 12.0 Å². The Morgan fingerprint density at radius 3 is 2.53 bits per heavy atom. The predicted octanol–water partition coefficient (Wildman–Crippen LogP) is 1.41. The van der Waals surface area contributed by atoms with Crippen molar-refractivity contribution in [1.82, 2.24) is 4.98 Å². The van der Waals surface area contributed by atoms with E-state index in [1.807, 2.05) is 0 Å². The molecule has 0 bridgehead atoms. The second kappa shape index (κ2) is 4.23. The third-order valence-electron chi connectivity index (χ3n) is 1.50. The van der Waals surface area contributed by atoms with Crippen molar-refractivity contribution in [3.05, 3.63) is 21.9 Å². The van der Waals surface area contributed by atoms with E-state index in [2.05, 4.69) is 9.72 Å². The molecule has 0 radical (unpaired) electrons. The lowest BCUT2D eigenvalue weighted by Crippen LogP contribution is -2.18. The minimum Gasteiger partial charge on any atom is -0.501 e. The van der Waals surface area contributed by atoms with Gasteiger partial charge < -0.3 is 9.84 Å². The molecule has 17 heavy (non-hydrogen) atoms. The molecule has 0 fully saturated rings. The number of aldehydes is 1. The van der Waals surface area contributed by atoms with Crippen LogP contribution in [0.4, 0.5) is 18.9 Å². The summed E-state index contributed by atoms with van der Waals surface area (Å²) >= 11 is 0. The fourth-order valence-corrected chi connectivity index (χ4v) is 0.913. The Balaban J connectivity index is 3.30. The quantitative estimate of drug-likeness (QED) is 0.495. The van der Waals surface area contributed by atoms with Crippen LogP contribution in [0.1, 0.15) is 10.5 Å². The topological polar surface area (TPSA) is 103 Å². The smallest absolute Gasteiger partial charge is 0.501 e. The zero-order valence-corrected chi connectivity index (χ0v) is 7.76. The van der Waals surface area contributed by atoms with E-state index in [0.717, 1.165) is 0 Å². The van der Waals surface area contributed by atoms with Gasteiger partial charge in [-0.2, -0.15) is 0 Å². The lowest BCUT2D eigenvalue weighted by molar-refractivity contribution is -0.386. The van der Waals surface area contributed by atoms with E-state index >= 15 is 0 Å². The van der Waals surface area contributed by atoms with Gasteiger partial charge in [0.2, 0.25) is 11.6 Å². The average molecular weight is 252 g/mol. The number of aromatic hydroxyl groups is 1. The number of hydrogen-bond donors (Lipinski definition) is 1. The molecule has 1 heterocycles. The first-order valence-electron chi connectivity index (χ1n) is 3.84. The van der Waals surface area contributed by atoms with E-state index < -0.39 is 34.3 Å². The molecule has 0 saturated heterocycles. The van der Waals surface area contributed by atoms with Crippen molar-refractivity contribution < 1.29 is 32.7 Å². The van der Waals surface area contributed by atoms with Gasteiger partial charge in [-0.05, 0) is 0 Å². The third-order valence-corrected chi connectivity index (χ3v) is 1.50. The van der Waals surface area contributed by atoms with Crippen LogP contribution in [0.2, 0.25) is 0 Å². The number of halogens is 3. The maximum atomic E-state index is 11.8. The summed E-state index contributed by atoms with van der Waals surface area (Å²) in [6, 6.07) is 0.260. The molecule has 0 saturated carbocycles. The molecule has 0 unspecified atom stereocenters. The summed E-state index contributed by atoms with van der Waals surface area (Å²) in [7, 11) is 0. The zero-order chi connectivity index (χ0) is 13.2. The van der Waals surface area contributed by atoms with Gasteiger partial charge in [0.15, 0.2) is 12.0 Å². The van der Waals surface area contributed by atoms with E-state index in [-0.39, 0.29) is 12.4 Å². The highest BCUT2D eigenvalue weighted by molar-refractivity contribution is 5.79. The number of alkyl halides is 3. The average Bonchev–Trinajstić information content (AvgIpc) is 2.17. The molecule has 1 aromatic heterocycles. The third kappa shape index (κ3) is 3.03. The van der Waals surface area contributed by atoms with E-state index in [4.69, 9.17) is 5.11 Å². The molecule has 1 aromatic rings. The SMILES string of the molecule is O=Cc1nc(OC(F)(F)F)cc([N+](=O)[O-])c1O. The number of carbonyl (C=O) groups is 1. The molecule has 0 aliphatic heterocycles. The summed E-state index contributed by atoms with van der Waals surface area (Å²) in [4.78, 5) is 22.5. The summed E-state index contributed by atoms with van der Waals surface area (Å²) < 4.78 is 38.8. The van der Waals surface area contributed by atoms with Gasteiger partial charge in [-0.25, -0.2) is 4.98 Å². The molecule has 0 aliphatic rings. The summed E-state index contributed by atoms with van der Waals surface area (Å²) in [6.07, 6.45) is -5.25. The lowest BCUT2D eigenvalue weighted by Gasteiger charge is -2.08. The molecule has 0 spiro atoms. The molecule has 0 atom stereocenters. The Kier molecular flexibility index (Phi) is 3.16. The minimum absolute atomic E-state index is 0.133. The fourth-order valence-electron chi connectivity index (χ4n) is 0.913. The molecule has 10 heteroatoms. The van der Waals surface area contributed by atoms with E-state index in [1.165, 1.54) is 0 Å². The van der Waals surface area contributed by atoms with Crippen molar-refractivity contribution in [2.45, 2.75) is 6.36 Å². The first-order valence-corrected chi connectivity index (χ1v) is 3.84. The monoisotopic (exact) mass is 252 g/mol. The van der Waals surface area contributed by atoms with Crippen molar-refractivity contribution in [3.63, 3.8) is 0 Å². The predicted molar refractivity (Wildman–Crippen MR) is 44.6 cm³/mol. The summed E-state index contributed by atoms with van der Waals surface area (Å²) in [5, 5.41) is 19.5. The van der Waals surface area contributed by atoms with E-state index in [0.29, 0.717) is 0 Å². The molecule has 0 aromatic carbocycles. The number of nitrogens with zero attached hydrogens (tertiary/aromatic N) is 2. The van der Waals surface area contributed by atoms with Crippen LogP contribution >= 0.6 is 0 Å². The Bertz CT molecular complexity index is 473. The van der Waals surface area contributed by atoms with E-state index in [1.54, 1.807) is 0 Å². The number of pyridine rings is 1. The number of nitro groups is 1. The van der Waals surface area contributed by atoms with Crippen LogP contribution in [0.5, 0.6) is 11.6 Å². The van der Waals surface area contributed by atoms with Gasteiger partial charge in [0.25, 0.3) is 0 Å². The Morgan fingerprint density at radius 1 is 1.53 bits per heavy atom. The van der Waals surface area contributed by atoms with Crippen molar-refractivity contribution in [2.75, 3.05) is 0 Å². The molecule has 1 rings (SSSR count). The second-order valence-corrected chi connectivity index (χ2v) is 2.64. The van der Waals surface area contributed by atoms with Crippen molar-refractivity contribution in [1.29, 1.82) is 0 Å². The van der Waals surface area contributed by atoms with Crippen LogP contribution in [-0.2, 0) is 0 Å². The second-order valence-electron chi connectivity index (χ2n) is 2.64. The van der Waals surface area contributed by atoms with Crippen molar-refractivity contribution in [3.8, 4) is 11.6 Å². The van der Waals surface area contributed by atoms with Gasteiger partial charge in [-0.15, -0.1) is 13.2 Å². The van der Waals surface area contributed by atoms with Gasteiger partial charge in [0.1, 0.15) is 0 Å². The number of carbonyl (C=O) groups excluding carboxylic acids is 1. The van der Waals surface area contributed by atoms with E-state index in [9.17, 15) is 28.1 Å². The van der Waals surface area contributed by atoms with Crippen LogP contribution in [0.25, 0.3) is 0 Å². The molecule has 7 nitrogen and oxygen atoms in total. The maximum absolute atomic E-state index is 11.8. The molecular formula is C7H3F3N2O5. The summed E-state index contributed by atoms with van der Waals surface area (Å²) in [6.45, 7) is 0. The molecule has 0 amide bonds. The van der Waals surface area contributed by atoms with Gasteiger partial charge in [0, 0.05) is 0 Å². The largest absolute Gasteiger partial charge is 0.574 e. The number of hydrogen-bond acceptors (Lipinski definition) is 6. The number of aromatic nitrogens is 1. The first-order chi connectivity index (χ1) is 7.74. The van der Waals surface area contributed by atoms with Crippen molar-refractivity contribution >= 4 is 12.0 Å². The number of rotatable bonds is 3. The standard InChI is InChI=1S/C7H3F3N2O5/c8-7(9,10)17-5-1-4(12(15)16)6(14)3(2-13)11-5/h1-2,14H. The molecule has 1 N–H and O–H groups in total. The fraction of sp³-hybridized carbons (Fsp3) is 0.143. The van der Waals surface area contributed by atoms with Gasteiger partial charge in [0.05, 0.1) is 11.0 Å². The van der Waals surface area contributed by atoms with Gasteiger partial charge in [-0.1, -0.05) is 0 Å². The summed E-state index contributed by atoms with van der Waals surface area (Å²) in [5.74, 6) is -2.33. The Labute approximate surface area is 90.6 Å². The Hall–Kier alpha value is -2.39. The minimum atomic E-state index is -5.11. The highest BCUT2D eigenvalue weighted by Crippen LogP contribution is 2.32. The zero-order valence-electron chi connectivity index (χ0n) is 7.76. The highest BCUT2D eigenvalue weighted by Gasteiger charge is 2.33. The van der Waals surface area contributed by atoms with Crippen LogP contribution < -0.4 is 4.74 Å². The van der Waals surface area contributed by atoms with Crippen LogP contribution in [0.3, 0.4) is 0 Å². The van der Waals surface area contributed by atoms with Crippen molar-refractivity contribution in [2.24, 2.45) is 0 Å². The number of ether oxygens (including phenoxy) is 1. The molecular weight excluding hydrogens is 249 g/mol.